The number of rotatable bonds is 4. The second-order valence-electron chi connectivity index (χ2n) is 6.45. The number of aromatic amines is 1. The van der Waals surface area contributed by atoms with Gasteiger partial charge in [0, 0.05) is 4.75 Å². The fourth-order valence-electron chi connectivity index (χ4n) is 3.28. The number of nitrogens with zero attached hydrogens (tertiary/aromatic N) is 4. The minimum absolute atomic E-state index is 0.131. The molecule has 0 spiro atoms. The number of fused-ring (bicyclic) bond motifs is 1. The quantitative estimate of drug-likeness (QED) is 0.631. The van der Waals surface area contributed by atoms with Crippen LogP contribution in [0.3, 0.4) is 0 Å². The number of carbonyl (C=O) groups excluding carboxylic acids is 2. The van der Waals surface area contributed by atoms with Crippen LogP contribution in [0.1, 0.15) is 37.6 Å². The highest BCUT2D eigenvalue weighted by Crippen LogP contribution is 2.56. The van der Waals surface area contributed by atoms with E-state index in [1.165, 1.54) is 12.3 Å². The lowest BCUT2D eigenvalue weighted by Crippen LogP contribution is -2.68. The minimum atomic E-state index is -1.45. The first-order chi connectivity index (χ1) is 11.9. The number of hydrogen-bond donors (Lipinski definition) is 3. The maximum atomic E-state index is 12.6. The number of aliphatic hydroxyl groups is 1. The van der Waals surface area contributed by atoms with E-state index in [0.717, 1.165) is 0 Å². The van der Waals surface area contributed by atoms with Crippen LogP contribution in [0.25, 0.3) is 0 Å². The summed E-state index contributed by atoms with van der Waals surface area (Å²) < 4.78 is 4.69. The summed E-state index contributed by atoms with van der Waals surface area (Å²) in [7, 11) is 0. The third kappa shape index (κ3) is 2.42. The number of aromatic nitrogens is 4. The Kier molecular flexibility index (Phi) is 3.58. The van der Waals surface area contributed by atoms with Crippen LogP contribution in [0.4, 0.5) is 0 Å². The Hall–Kier alpha value is -2.40. The largest absolute Gasteiger partial charge is 0.466 e. The molecule has 2 aromatic rings. The van der Waals surface area contributed by atoms with E-state index < -0.39 is 18.1 Å². The number of amides is 2. The Morgan fingerprint density at radius 3 is 3.00 bits per heavy atom. The van der Waals surface area contributed by atoms with Gasteiger partial charge >= 0.3 is 0 Å². The van der Waals surface area contributed by atoms with E-state index in [-0.39, 0.29) is 27.8 Å². The molecule has 3 N–H and O–H groups in total. The van der Waals surface area contributed by atoms with Crippen molar-refractivity contribution in [2.24, 2.45) is 0 Å². The molecule has 2 amide bonds. The number of nitrogens with one attached hydrogen (secondary N) is 2. The number of aliphatic hydroxyl groups excluding tert-OH is 1. The zero-order chi connectivity index (χ0) is 17.8. The van der Waals surface area contributed by atoms with E-state index in [1.54, 1.807) is 22.7 Å². The Morgan fingerprint density at radius 2 is 2.36 bits per heavy atom. The summed E-state index contributed by atoms with van der Waals surface area (Å²) >= 11 is 1.56. The van der Waals surface area contributed by atoms with Crippen molar-refractivity contribution in [3.05, 3.63) is 30.0 Å². The summed E-state index contributed by atoms with van der Waals surface area (Å²) in [5, 5.41) is 26.2. The second-order valence-corrected chi connectivity index (χ2v) is 8.22. The van der Waals surface area contributed by atoms with Gasteiger partial charge in [-0.3, -0.25) is 9.59 Å². The van der Waals surface area contributed by atoms with Crippen molar-refractivity contribution in [1.82, 2.24) is 30.8 Å². The lowest BCUT2D eigenvalue weighted by Gasteiger charge is -2.44. The molecular formula is C14H16N6O4S. The number of β-lactam (4-membered cyclic amide) rings is 1. The molecule has 2 saturated heterocycles. The van der Waals surface area contributed by atoms with Crippen molar-refractivity contribution in [3.63, 3.8) is 0 Å². The van der Waals surface area contributed by atoms with Crippen molar-refractivity contribution >= 4 is 23.6 Å². The molecule has 2 aliphatic heterocycles. The summed E-state index contributed by atoms with van der Waals surface area (Å²) in [6.07, 6.45) is -0.0847. The van der Waals surface area contributed by atoms with Crippen molar-refractivity contribution in [2.45, 2.75) is 42.2 Å². The summed E-state index contributed by atoms with van der Waals surface area (Å²) in [6, 6.07) is 2.06. The Morgan fingerprint density at radius 1 is 1.56 bits per heavy atom. The molecular weight excluding hydrogens is 348 g/mol. The molecule has 4 heterocycles. The van der Waals surface area contributed by atoms with Gasteiger partial charge < -0.3 is 19.7 Å². The van der Waals surface area contributed by atoms with Gasteiger partial charge in [0.05, 0.1) is 6.26 Å². The number of tetrazole rings is 1. The van der Waals surface area contributed by atoms with Crippen LogP contribution in [0.15, 0.2) is 22.8 Å². The zero-order valence-electron chi connectivity index (χ0n) is 13.4. The first-order valence-corrected chi connectivity index (χ1v) is 8.53. The lowest BCUT2D eigenvalue weighted by molar-refractivity contribution is -0.153. The van der Waals surface area contributed by atoms with Gasteiger partial charge in [-0.15, -0.1) is 16.9 Å². The van der Waals surface area contributed by atoms with E-state index >= 15 is 0 Å². The molecule has 11 heteroatoms. The third-order valence-corrected chi connectivity index (χ3v) is 5.99. The predicted octanol–water partition coefficient (Wildman–Crippen LogP) is -0.254. The van der Waals surface area contributed by atoms with Crippen LogP contribution in [0.2, 0.25) is 0 Å². The maximum Gasteiger partial charge on any atom is 0.257 e. The van der Waals surface area contributed by atoms with E-state index in [9.17, 15) is 14.7 Å². The van der Waals surface area contributed by atoms with E-state index in [4.69, 9.17) is 4.42 Å². The van der Waals surface area contributed by atoms with Gasteiger partial charge in [0.1, 0.15) is 23.2 Å². The van der Waals surface area contributed by atoms with Crippen LogP contribution >= 0.6 is 11.8 Å². The van der Waals surface area contributed by atoms with Crippen molar-refractivity contribution in [1.29, 1.82) is 0 Å². The molecule has 2 fully saturated rings. The summed E-state index contributed by atoms with van der Waals surface area (Å²) in [5.74, 6) is -0.263. The zero-order valence-corrected chi connectivity index (χ0v) is 14.2. The number of H-pyrrole nitrogens is 1. The first kappa shape index (κ1) is 16.1. The van der Waals surface area contributed by atoms with Crippen LogP contribution < -0.4 is 5.32 Å². The maximum absolute atomic E-state index is 12.6. The van der Waals surface area contributed by atoms with Crippen molar-refractivity contribution in [2.75, 3.05) is 0 Å². The summed E-state index contributed by atoms with van der Waals surface area (Å²) in [5.41, 5.74) is 0. The van der Waals surface area contributed by atoms with Gasteiger partial charge in [0.15, 0.2) is 11.9 Å². The third-order valence-electron chi connectivity index (χ3n) is 4.42. The van der Waals surface area contributed by atoms with E-state index in [0.29, 0.717) is 5.82 Å². The van der Waals surface area contributed by atoms with Crippen LogP contribution in [-0.2, 0) is 9.59 Å². The highest BCUT2D eigenvalue weighted by atomic mass is 32.2. The standard InChI is InChI=1S/C14H16N6O4S/c1-14(2)9(10-16-18-19-17-10)20-12(23)7(13(20)25-14)15-11(22)8(21)6-4-3-5-24-6/h3-5,7-9,13,21H,1-2H3,(H,15,22)(H,16,17,18,19)/t7?,8?,9?,13-/m0/s1. The van der Waals surface area contributed by atoms with Gasteiger partial charge in [-0.05, 0) is 36.4 Å². The molecule has 3 unspecified atom stereocenters. The number of carbonyl (C=O) groups is 2. The van der Waals surface area contributed by atoms with E-state index in [2.05, 4.69) is 25.9 Å². The average molecular weight is 364 g/mol. The first-order valence-electron chi connectivity index (χ1n) is 7.65. The highest BCUT2D eigenvalue weighted by Gasteiger charge is 2.63. The molecule has 2 aromatic heterocycles. The molecule has 2 aliphatic rings. The van der Waals surface area contributed by atoms with Crippen LogP contribution in [-0.4, -0.2) is 58.6 Å². The molecule has 0 saturated carbocycles. The number of furan rings is 1. The van der Waals surface area contributed by atoms with Crippen LogP contribution in [0, 0.1) is 0 Å². The molecule has 4 atom stereocenters. The monoisotopic (exact) mass is 364 g/mol. The molecule has 0 bridgehead atoms. The predicted molar refractivity (Wildman–Crippen MR) is 84.8 cm³/mol. The van der Waals surface area contributed by atoms with Gasteiger partial charge in [-0.1, -0.05) is 0 Å². The van der Waals surface area contributed by atoms with Gasteiger partial charge in [-0.2, -0.15) is 0 Å². The summed E-state index contributed by atoms with van der Waals surface area (Å²) in [6.45, 7) is 3.99. The number of thioether (sulfide) groups is 1. The van der Waals surface area contributed by atoms with Gasteiger partial charge in [-0.25, -0.2) is 5.10 Å². The molecule has 0 radical (unpaired) electrons. The molecule has 132 valence electrons. The number of hydrogen-bond acceptors (Lipinski definition) is 8. The normalized spacial score (nSPS) is 28.4. The Labute approximate surface area is 146 Å². The fourth-order valence-corrected chi connectivity index (χ4v) is 4.92. The minimum Gasteiger partial charge on any atom is -0.466 e. The average Bonchev–Trinajstić information content (AvgIpc) is 3.30. The lowest BCUT2D eigenvalue weighted by atomic mass is 9.95. The van der Waals surface area contributed by atoms with Crippen molar-refractivity contribution < 1.29 is 19.1 Å². The molecule has 4 rings (SSSR count). The Balaban J connectivity index is 1.50. The van der Waals surface area contributed by atoms with Crippen molar-refractivity contribution in [3.8, 4) is 0 Å². The topological polar surface area (TPSA) is 137 Å². The molecule has 10 nitrogen and oxygen atoms in total. The Bertz CT molecular complexity index is 792. The summed E-state index contributed by atoms with van der Waals surface area (Å²) in [4.78, 5) is 26.5. The van der Waals surface area contributed by atoms with E-state index in [1.807, 2.05) is 13.8 Å². The highest BCUT2D eigenvalue weighted by molar-refractivity contribution is 8.01. The fraction of sp³-hybridized carbons (Fsp3) is 0.500. The molecule has 25 heavy (non-hydrogen) atoms. The second kappa shape index (κ2) is 5.56. The van der Waals surface area contributed by atoms with Gasteiger partial charge in [0.2, 0.25) is 5.91 Å². The SMILES string of the molecule is CC1(C)S[C@H]2C(NC(=O)C(O)c3ccco3)C(=O)N2C1c1nnn[nH]1. The smallest absolute Gasteiger partial charge is 0.257 e. The molecule has 0 aromatic carbocycles. The molecule has 0 aliphatic carbocycles. The van der Waals surface area contributed by atoms with Crippen LogP contribution in [0.5, 0.6) is 0 Å². The van der Waals surface area contributed by atoms with Gasteiger partial charge in [0.25, 0.3) is 5.91 Å².